The van der Waals surface area contributed by atoms with Crippen LogP contribution in [0.3, 0.4) is 0 Å². The molecule has 0 fully saturated rings. The van der Waals surface area contributed by atoms with Gasteiger partial charge in [0, 0.05) is 0 Å². The number of hydrogen-bond acceptors (Lipinski definition) is 7. The molecular formula is HNaO8S2. The van der Waals surface area contributed by atoms with E-state index in [-0.39, 0.29) is 29.6 Å². The molecule has 0 aromatic rings. The van der Waals surface area contributed by atoms with Gasteiger partial charge in [0.05, 0.1) is 0 Å². The van der Waals surface area contributed by atoms with Crippen molar-refractivity contribution in [2.24, 2.45) is 0 Å². The van der Waals surface area contributed by atoms with E-state index in [1.54, 1.807) is 0 Å². The summed E-state index contributed by atoms with van der Waals surface area (Å²) in [5, 5.41) is 0. The molecule has 0 aliphatic heterocycles. The molecule has 0 unspecified atom stereocenters. The van der Waals surface area contributed by atoms with E-state index in [0.717, 1.165) is 0 Å². The average Bonchev–Trinajstić information content (AvgIpc) is 1.57. The van der Waals surface area contributed by atoms with Gasteiger partial charge in [-0.3, -0.25) is 4.55 Å². The molecule has 0 heterocycles. The van der Waals surface area contributed by atoms with Crippen molar-refractivity contribution in [3.05, 3.63) is 0 Å². The minimum atomic E-state index is -5.27. The maximum Gasteiger partial charge on any atom is 1.00 e. The zero-order chi connectivity index (χ0) is 8.41. The Hall–Kier alpha value is 0.740. The van der Waals surface area contributed by atoms with Gasteiger partial charge >= 0.3 is 40.0 Å². The molecule has 0 spiro atoms. The second-order valence-corrected chi connectivity index (χ2v) is 2.92. The SMILES string of the molecule is O=S(=O)([O-])OOS(=O)(=O)O.[Na+]. The molecule has 0 aromatic heterocycles. The van der Waals surface area contributed by atoms with Gasteiger partial charge in [0.1, 0.15) is 0 Å². The summed E-state index contributed by atoms with van der Waals surface area (Å²) in [4.78, 5) is 0. The van der Waals surface area contributed by atoms with Crippen LogP contribution in [0.1, 0.15) is 0 Å². The van der Waals surface area contributed by atoms with Crippen LogP contribution in [0.15, 0.2) is 0 Å². The van der Waals surface area contributed by atoms with Crippen LogP contribution >= 0.6 is 0 Å². The molecule has 1 N–H and O–H groups in total. The first kappa shape index (κ1) is 14.3. The smallest absolute Gasteiger partial charge is 0.724 e. The van der Waals surface area contributed by atoms with Gasteiger partial charge in [0.25, 0.3) is 0 Å². The Morgan fingerprint density at radius 3 is 1.55 bits per heavy atom. The number of hydrogen-bond donors (Lipinski definition) is 1. The van der Waals surface area contributed by atoms with Gasteiger partial charge in [0.15, 0.2) is 0 Å². The average molecular weight is 216 g/mol. The summed E-state index contributed by atoms with van der Waals surface area (Å²) in [7, 11) is -10.3. The number of rotatable bonds is 3. The monoisotopic (exact) mass is 216 g/mol. The third kappa shape index (κ3) is 13.7. The Morgan fingerprint density at radius 2 is 1.45 bits per heavy atom. The van der Waals surface area contributed by atoms with Crippen molar-refractivity contribution in [3.8, 4) is 0 Å². The first-order chi connectivity index (χ1) is 4.21. The van der Waals surface area contributed by atoms with Crippen molar-refractivity contribution < 1.29 is 64.2 Å². The molecule has 0 radical (unpaired) electrons. The van der Waals surface area contributed by atoms with Crippen LogP contribution in [0.5, 0.6) is 0 Å². The Kier molecular flexibility index (Phi) is 6.09. The fourth-order valence-electron chi connectivity index (χ4n) is 0.0691. The Bertz CT molecular complexity index is 248. The minimum absolute atomic E-state index is 0. The molecule has 0 aliphatic carbocycles. The van der Waals surface area contributed by atoms with E-state index in [1.165, 1.54) is 0 Å². The molecular weight excluding hydrogens is 215 g/mol. The van der Waals surface area contributed by atoms with E-state index in [4.69, 9.17) is 4.55 Å². The predicted molar refractivity (Wildman–Crippen MR) is 23.4 cm³/mol. The standard InChI is InChI=1S/Na.H2O8S2/c;1-9(2,3)7-8-10(4,5)6/h;(H,1,2,3)(H,4,5,6)/q+1;/p-1. The van der Waals surface area contributed by atoms with Gasteiger partial charge in [-0.15, -0.1) is 0 Å². The fraction of sp³-hybridized carbons (Fsp3) is 0. The topological polar surface area (TPSA) is 130 Å². The molecule has 0 aromatic carbocycles. The van der Waals surface area contributed by atoms with Crippen LogP contribution in [-0.4, -0.2) is 25.9 Å². The van der Waals surface area contributed by atoms with Crippen molar-refractivity contribution in [2.45, 2.75) is 0 Å². The van der Waals surface area contributed by atoms with Gasteiger partial charge in [0.2, 0.25) is 10.4 Å². The first-order valence-electron chi connectivity index (χ1n) is 1.52. The molecule has 11 heavy (non-hydrogen) atoms. The van der Waals surface area contributed by atoms with Crippen LogP contribution in [0.2, 0.25) is 0 Å². The maximum atomic E-state index is 9.48. The molecule has 11 heteroatoms. The summed E-state index contributed by atoms with van der Waals surface area (Å²) in [6.07, 6.45) is 0. The van der Waals surface area contributed by atoms with Crippen LogP contribution in [0, 0.1) is 0 Å². The zero-order valence-corrected chi connectivity index (χ0v) is 8.75. The summed E-state index contributed by atoms with van der Waals surface area (Å²) in [6, 6.07) is 0. The second-order valence-electron chi connectivity index (χ2n) is 0.972. The summed E-state index contributed by atoms with van der Waals surface area (Å²) in [5.74, 6) is 0. The molecule has 8 nitrogen and oxygen atoms in total. The van der Waals surface area contributed by atoms with Gasteiger partial charge in [-0.1, -0.05) is 8.67 Å². The molecule has 62 valence electrons. The van der Waals surface area contributed by atoms with Crippen LogP contribution in [0.4, 0.5) is 0 Å². The van der Waals surface area contributed by atoms with E-state index >= 15 is 0 Å². The van der Waals surface area contributed by atoms with Crippen molar-refractivity contribution in [1.82, 2.24) is 0 Å². The molecule has 0 rings (SSSR count). The van der Waals surface area contributed by atoms with Gasteiger partial charge in [-0.25, -0.2) is 8.42 Å². The second kappa shape index (κ2) is 4.69. The van der Waals surface area contributed by atoms with E-state index in [0.29, 0.717) is 0 Å². The van der Waals surface area contributed by atoms with E-state index in [9.17, 15) is 21.4 Å². The molecule has 0 aliphatic rings. The molecule has 0 saturated carbocycles. The van der Waals surface area contributed by atoms with Crippen molar-refractivity contribution in [2.75, 3.05) is 0 Å². The van der Waals surface area contributed by atoms with Crippen molar-refractivity contribution >= 4 is 20.8 Å². The summed E-state index contributed by atoms with van der Waals surface area (Å²) in [6.45, 7) is 0. The normalized spacial score (nSPS) is 12.2. The van der Waals surface area contributed by atoms with E-state index in [2.05, 4.69) is 8.67 Å². The van der Waals surface area contributed by atoms with Gasteiger partial charge in [-0.2, -0.15) is 8.42 Å². The predicted octanol–water partition coefficient (Wildman–Crippen LogP) is -4.80. The van der Waals surface area contributed by atoms with E-state index < -0.39 is 20.8 Å². The Balaban J connectivity index is 0. The third-order valence-electron chi connectivity index (χ3n) is 0.197. The van der Waals surface area contributed by atoms with Crippen LogP contribution in [-0.2, 0) is 29.5 Å². The van der Waals surface area contributed by atoms with Crippen LogP contribution in [0.25, 0.3) is 0 Å². The third-order valence-corrected chi connectivity index (χ3v) is 0.758. The molecule has 0 bridgehead atoms. The van der Waals surface area contributed by atoms with Crippen molar-refractivity contribution in [3.63, 3.8) is 0 Å². The Labute approximate surface area is 84.6 Å². The van der Waals surface area contributed by atoms with E-state index in [1.807, 2.05) is 0 Å². The van der Waals surface area contributed by atoms with Crippen molar-refractivity contribution in [1.29, 1.82) is 0 Å². The molecule has 0 amide bonds. The largest absolute Gasteiger partial charge is 1.00 e. The minimum Gasteiger partial charge on any atom is -0.724 e. The maximum absolute atomic E-state index is 9.48. The quantitative estimate of drug-likeness (QED) is 0.163. The van der Waals surface area contributed by atoms with Gasteiger partial charge < -0.3 is 4.55 Å². The van der Waals surface area contributed by atoms with Crippen LogP contribution < -0.4 is 29.6 Å². The zero-order valence-electron chi connectivity index (χ0n) is 5.12. The Morgan fingerprint density at radius 1 is 1.09 bits per heavy atom. The first-order valence-corrected chi connectivity index (χ1v) is 4.21. The summed E-state index contributed by atoms with van der Waals surface area (Å²) < 4.78 is 60.2. The molecule has 0 saturated heterocycles. The summed E-state index contributed by atoms with van der Waals surface area (Å²) >= 11 is 0. The fourth-order valence-corrected chi connectivity index (χ4v) is 0.622. The molecule has 0 atom stereocenters. The van der Waals surface area contributed by atoms with Gasteiger partial charge in [-0.05, 0) is 0 Å². The summed E-state index contributed by atoms with van der Waals surface area (Å²) in [5.41, 5.74) is 0.